The molecular formula is C8H12O4S. The van der Waals surface area contributed by atoms with Crippen LogP contribution in [0.4, 0.5) is 0 Å². The molecule has 0 aromatic heterocycles. The van der Waals surface area contributed by atoms with E-state index in [-0.39, 0.29) is 17.7 Å². The summed E-state index contributed by atoms with van der Waals surface area (Å²) in [4.78, 5) is -0.315. The fraction of sp³-hybridized carbons (Fsp3) is 0.500. The van der Waals surface area contributed by atoms with Crippen LogP contribution in [0, 0.1) is 0 Å². The van der Waals surface area contributed by atoms with Crippen LogP contribution in [0.5, 0.6) is 0 Å². The third kappa shape index (κ3) is 1.99. The van der Waals surface area contributed by atoms with Gasteiger partial charge in [0.05, 0.1) is 0 Å². The molecule has 1 rings (SSSR count). The summed E-state index contributed by atoms with van der Waals surface area (Å²) in [6.45, 7) is 1.66. The summed E-state index contributed by atoms with van der Waals surface area (Å²) in [6.07, 6.45) is 4.87. The van der Waals surface area contributed by atoms with E-state index in [1.165, 1.54) is 12.2 Å². The highest BCUT2D eigenvalue weighted by molar-refractivity contribution is 7.89. The molecule has 1 aliphatic rings. The normalized spacial score (nSPS) is 28.7. The first-order chi connectivity index (χ1) is 5.90. The molecule has 1 aliphatic carbocycles. The lowest BCUT2D eigenvalue weighted by Gasteiger charge is -2.28. The number of allylic oxidation sites excluding steroid dienone is 2. The van der Waals surface area contributed by atoms with Gasteiger partial charge < -0.3 is 5.11 Å². The molecule has 0 amide bonds. The lowest BCUT2D eigenvalue weighted by molar-refractivity contribution is 0.0826. The van der Waals surface area contributed by atoms with Crippen LogP contribution in [-0.2, 0) is 10.1 Å². The van der Waals surface area contributed by atoms with Crippen molar-refractivity contribution >= 4 is 10.1 Å². The summed E-state index contributed by atoms with van der Waals surface area (Å²) in [5.41, 5.74) is -1.44. The van der Waals surface area contributed by atoms with Crippen molar-refractivity contribution in [3.05, 3.63) is 23.1 Å². The van der Waals surface area contributed by atoms with Crippen molar-refractivity contribution in [1.82, 2.24) is 0 Å². The predicted molar refractivity (Wildman–Crippen MR) is 48.6 cm³/mol. The molecule has 0 heterocycles. The predicted octanol–water partition coefficient (Wildman–Crippen LogP) is 0.859. The molecule has 0 radical (unpaired) electrons. The molecule has 5 heteroatoms. The average Bonchev–Trinajstić information content (AvgIpc) is 2.03. The molecule has 0 bridgehead atoms. The second kappa shape index (κ2) is 3.25. The number of hydrogen-bond acceptors (Lipinski definition) is 3. The van der Waals surface area contributed by atoms with Gasteiger partial charge in [0.25, 0.3) is 10.1 Å². The highest BCUT2D eigenvalue weighted by atomic mass is 32.2. The Bertz CT molecular complexity index is 352. The Kier molecular flexibility index (Phi) is 2.61. The van der Waals surface area contributed by atoms with Crippen LogP contribution in [0.15, 0.2) is 23.1 Å². The highest BCUT2D eigenvalue weighted by Gasteiger charge is 2.37. The summed E-state index contributed by atoms with van der Waals surface area (Å²) in [5.74, 6) is 0. The maximum Gasteiger partial charge on any atom is 0.293 e. The summed E-state index contributed by atoms with van der Waals surface area (Å²) < 4.78 is 30.5. The average molecular weight is 204 g/mol. The van der Waals surface area contributed by atoms with E-state index >= 15 is 0 Å². The van der Waals surface area contributed by atoms with Crippen molar-refractivity contribution in [3.8, 4) is 0 Å². The zero-order valence-corrected chi connectivity index (χ0v) is 8.08. The minimum Gasteiger partial charge on any atom is -0.384 e. The van der Waals surface area contributed by atoms with Crippen LogP contribution in [0.1, 0.15) is 19.8 Å². The molecule has 0 spiro atoms. The maximum absolute atomic E-state index is 10.9. The van der Waals surface area contributed by atoms with Crippen LogP contribution in [-0.4, -0.2) is 23.7 Å². The van der Waals surface area contributed by atoms with Crippen LogP contribution in [0.3, 0.4) is 0 Å². The molecule has 0 saturated heterocycles. The van der Waals surface area contributed by atoms with Crippen molar-refractivity contribution < 1.29 is 18.1 Å². The summed E-state index contributed by atoms with van der Waals surface area (Å²) in [5, 5.41) is 9.82. The second-order valence-corrected chi connectivity index (χ2v) is 4.41. The van der Waals surface area contributed by atoms with Crippen LogP contribution < -0.4 is 0 Å². The van der Waals surface area contributed by atoms with E-state index in [2.05, 4.69) is 0 Å². The monoisotopic (exact) mass is 204 g/mol. The molecule has 4 nitrogen and oxygen atoms in total. The minimum atomic E-state index is -4.29. The molecule has 0 saturated carbocycles. The lowest BCUT2D eigenvalue weighted by Crippen LogP contribution is -2.34. The summed E-state index contributed by atoms with van der Waals surface area (Å²) >= 11 is 0. The Morgan fingerprint density at radius 1 is 1.62 bits per heavy atom. The van der Waals surface area contributed by atoms with E-state index in [9.17, 15) is 13.5 Å². The van der Waals surface area contributed by atoms with E-state index in [0.29, 0.717) is 0 Å². The Labute approximate surface area is 77.3 Å². The lowest BCUT2D eigenvalue weighted by atomic mass is 9.92. The van der Waals surface area contributed by atoms with Gasteiger partial charge >= 0.3 is 0 Å². The molecule has 0 aliphatic heterocycles. The van der Waals surface area contributed by atoms with Crippen molar-refractivity contribution in [2.75, 3.05) is 0 Å². The molecule has 0 fully saturated rings. The number of aliphatic hydroxyl groups is 1. The third-order valence-corrected chi connectivity index (χ3v) is 3.23. The first-order valence-electron chi connectivity index (χ1n) is 3.97. The van der Waals surface area contributed by atoms with Gasteiger partial charge in [-0.1, -0.05) is 19.1 Å². The quantitative estimate of drug-likeness (QED) is 0.654. The van der Waals surface area contributed by atoms with Gasteiger partial charge in [0, 0.05) is 0 Å². The molecule has 2 N–H and O–H groups in total. The number of hydrogen-bond donors (Lipinski definition) is 2. The standard InChI is InChI=1S/C8H12O4S/c1-2-8(9)6-4-3-5-7(8)13(10,11)12/h3-5,9H,2,6H2,1H3,(H,10,11,12). The minimum absolute atomic E-state index is 0.217. The molecule has 0 aromatic rings. The SMILES string of the molecule is CCC1(O)CC=CC=C1S(=O)(=O)O. The van der Waals surface area contributed by atoms with Gasteiger partial charge in [-0.05, 0) is 18.9 Å². The van der Waals surface area contributed by atoms with E-state index < -0.39 is 15.7 Å². The second-order valence-electron chi connectivity index (χ2n) is 3.02. The van der Waals surface area contributed by atoms with Crippen LogP contribution >= 0.6 is 0 Å². The van der Waals surface area contributed by atoms with Gasteiger partial charge in [0.2, 0.25) is 0 Å². The Balaban J connectivity index is 3.19. The van der Waals surface area contributed by atoms with Gasteiger partial charge in [-0.3, -0.25) is 4.55 Å². The summed E-state index contributed by atoms with van der Waals surface area (Å²) in [6, 6.07) is 0. The summed E-state index contributed by atoms with van der Waals surface area (Å²) in [7, 11) is -4.29. The van der Waals surface area contributed by atoms with E-state index in [1.54, 1.807) is 13.0 Å². The topological polar surface area (TPSA) is 74.6 Å². The highest BCUT2D eigenvalue weighted by Crippen LogP contribution is 2.31. The van der Waals surface area contributed by atoms with Crippen LogP contribution in [0.25, 0.3) is 0 Å². The largest absolute Gasteiger partial charge is 0.384 e. The van der Waals surface area contributed by atoms with Crippen molar-refractivity contribution in [1.29, 1.82) is 0 Å². The Morgan fingerprint density at radius 3 is 2.62 bits per heavy atom. The van der Waals surface area contributed by atoms with Gasteiger partial charge in [-0.25, -0.2) is 0 Å². The molecule has 74 valence electrons. The zero-order chi connectivity index (χ0) is 10.1. The fourth-order valence-corrected chi connectivity index (χ4v) is 2.28. The molecule has 13 heavy (non-hydrogen) atoms. The van der Waals surface area contributed by atoms with Gasteiger partial charge in [-0.15, -0.1) is 0 Å². The molecule has 0 aromatic carbocycles. The Hall–Kier alpha value is -0.650. The van der Waals surface area contributed by atoms with Crippen molar-refractivity contribution in [2.24, 2.45) is 0 Å². The Morgan fingerprint density at radius 2 is 2.23 bits per heavy atom. The maximum atomic E-state index is 10.9. The third-order valence-electron chi connectivity index (χ3n) is 2.16. The van der Waals surface area contributed by atoms with Gasteiger partial charge in [-0.2, -0.15) is 8.42 Å². The first-order valence-corrected chi connectivity index (χ1v) is 5.41. The number of rotatable bonds is 2. The van der Waals surface area contributed by atoms with E-state index in [0.717, 1.165) is 0 Å². The molecule has 1 unspecified atom stereocenters. The van der Waals surface area contributed by atoms with Gasteiger partial charge in [0.15, 0.2) is 0 Å². The van der Waals surface area contributed by atoms with Crippen molar-refractivity contribution in [3.63, 3.8) is 0 Å². The first kappa shape index (κ1) is 10.4. The van der Waals surface area contributed by atoms with E-state index in [4.69, 9.17) is 4.55 Å². The van der Waals surface area contributed by atoms with Crippen LogP contribution in [0.2, 0.25) is 0 Å². The van der Waals surface area contributed by atoms with E-state index in [1.807, 2.05) is 0 Å². The van der Waals surface area contributed by atoms with Gasteiger partial charge in [0.1, 0.15) is 10.5 Å². The molecular weight excluding hydrogens is 192 g/mol. The molecule has 1 atom stereocenters. The van der Waals surface area contributed by atoms with Crippen molar-refractivity contribution in [2.45, 2.75) is 25.4 Å². The fourth-order valence-electron chi connectivity index (χ4n) is 1.32. The smallest absolute Gasteiger partial charge is 0.293 e. The zero-order valence-electron chi connectivity index (χ0n) is 7.27.